The van der Waals surface area contributed by atoms with E-state index in [-0.39, 0.29) is 6.10 Å². The lowest BCUT2D eigenvalue weighted by Crippen LogP contribution is -2.30. The van der Waals surface area contributed by atoms with E-state index >= 15 is 0 Å². The Balaban J connectivity index is 1.86. The van der Waals surface area contributed by atoms with E-state index in [1.165, 1.54) is 5.56 Å². The highest BCUT2D eigenvalue weighted by molar-refractivity contribution is 5.37. The van der Waals surface area contributed by atoms with Crippen LogP contribution in [0.15, 0.2) is 24.3 Å². The Morgan fingerprint density at radius 2 is 2.36 bits per heavy atom. The molecule has 2 rings (SSSR count). The molecule has 0 saturated carbocycles. The maximum Gasteiger partial charge on any atom is 0.123 e. The van der Waals surface area contributed by atoms with Crippen molar-refractivity contribution in [1.29, 1.82) is 0 Å². The molecule has 1 aliphatic rings. The molecule has 0 saturated heterocycles. The summed E-state index contributed by atoms with van der Waals surface area (Å²) in [7, 11) is 0. The van der Waals surface area contributed by atoms with E-state index in [0.29, 0.717) is 6.61 Å². The lowest BCUT2D eigenvalue weighted by molar-refractivity contribution is 0.0305. The molecule has 0 radical (unpaired) electrons. The highest BCUT2D eigenvalue weighted by Crippen LogP contribution is 2.27. The van der Waals surface area contributed by atoms with Gasteiger partial charge in [-0.15, -0.1) is 0 Å². The summed E-state index contributed by atoms with van der Waals surface area (Å²) in [5, 5.41) is 0. The van der Waals surface area contributed by atoms with E-state index in [1.807, 2.05) is 25.1 Å². The molecule has 1 aromatic rings. The molecule has 1 aliphatic heterocycles. The van der Waals surface area contributed by atoms with Crippen LogP contribution in [0.2, 0.25) is 0 Å². The molecule has 0 spiro atoms. The van der Waals surface area contributed by atoms with Crippen LogP contribution in [-0.4, -0.2) is 19.3 Å². The lowest BCUT2D eigenvalue weighted by atomic mass is 10.1. The molecule has 1 aromatic carbocycles. The molecule has 0 aromatic heterocycles. The highest BCUT2D eigenvalue weighted by atomic mass is 16.6. The van der Waals surface area contributed by atoms with Gasteiger partial charge in [0.15, 0.2) is 0 Å². The summed E-state index contributed by atoms with van der Waals surface area (Å²) in [6, 6.07) is 8.16. The van der Waals surface area contributed by atoms with Crippen molar-refractivity contribution in [1.82, 2.24) is 5.48 Å². The SMILES string of the molecule is CCONCC1Cc2ccccc2O1. The number of hydrogen-bond donors (Lipinski definition) is 1. The van der Waals surface area contributed by atoms with Gasteiger partial charge < -0.3 is 9.57 Å². The zero-order valence-corrected chi connectivity index (χ0v) is 8.32. The summed E-state index contributed by atoms with van der Waals surface area (Å²) >= 11 is 0. The molecule has 0 bridgehead atoms. The molecule has 0 amide bonds. The molecule has 14 heavy (non-hydrogen) atoms. The van der Waals surface area contributed by atoms with E-state index in [9.17, 15) is 0 Å². The third-order valence-corrected chi connectivity index (χ3v) is 2.27. The average Bonchev–Trinajstić information content (AvgIpc) is 2.60. The molecule has 0 aliphatic carbocycles. The number of nitrogens with one attached hydrogen (secondary N) is 1. The standard InChI is InChI=1S/C11H15NO2/c1-2-13-12-8-10-7-9-5-3-4-6-11(9)14-10/h3-6,10,12H,2,7-8H2,1H3. The smallest absolute Gasteiger partial charge is 0.123 e. The summed E-state index contributed by atoms with van der Waals surface area (Å²) in [6.45, 7) is 3.37. The van der Waals surface area contributed by atoms with Crippen LogP contribution in [0.3, 0.4) is 0 Å². The van der Waals surface area contributed by atoms with Crippen LogP contribution in [0.25, 0.3) is 0 Å². The predicted octanol–water partition coefficient (Wildman–Crippen LogP) is 1.53. The van der Waals surface area contributed by atoms with Crippen molar-refractivity contribution in [3.05, 3.63) is 29.8 Å². The van der Waals surface area contributed by atoms with E-state index < -0.39 is 0 Å². The molecule has 1 unspecified atom stereocenters. The van der Waals surface area contributed by atoms with E-state index in [4.69, 9.17) is 9.57 Å². The van der Waals surface area contributed by atoms with Crippen molar-refractivity contribution in [2.45, 2.75) is 19.4 Å². The van der Waals surface area contributed by atoms with Crippen molar-refractivity contribution >= 4 is 0 Å². The van der Waals surface area contributed by atoms with Crippen molar-refractivity contribution in [2.75, 3.05) is 13.2 Å². The zero-order valence-electron chi connectivity index (χ0n) is 8.32. The molecular formula is C11H15NO2. The first kappa shape index (κ1) is 9.49. The highest BCUT2D eigenvalue weighted by Gasteiger charge is 2.21. The second-order valence-electron chi connectivity index (χ2n) is 3.33. The topological polar surface area (TPSA) is 30.5 Å². The summed E-state index contributed by atoms with van der Waals surface area (Å²) < 4.78 is 5.71. The third-order valence-electron chi connectivity index (χ3n) is 2.27. The summed E-state index contributed by atoms with van der Waals surface area (Å²) in [5.74, 6) is 1.01. The Kier molecular flexibility index (Phi) is 3.01. The van der Waals surface area contributed by atoms with Crippen LogP contribution >= 0.6 is 0 Å². The van der Waals surface area contributed by atoms with Crippen LogP contribution in [0, 0.1) is 0 Å². The van der Waals surface area contributed by atoms with E-state index in [2.05, 4.69) is 11.5 Å². The fourth-order valence-electron chi connectivity index (χ4n) is 1.62. The maximum atomic E-state index is 5.71. The Hall–Kier alpha value is -1.06. The van der Waals surface area contributed by atoms with Gasteiger partial charge in [-0.1, -0.05) is 18.2 Å². The summed E-state index contributed by atoms with van der Waals surface area (Å²) in [4.78, 5) is 5.06. The Morgan fingerprint density at radius 3 is 3.14 bits per heavy atom. The number of ether oxygens (including phenoxy) is 1. The molecule has 1 N–H and O–H groups in total. The minimum atomic E-state index is 0.207. The quantitative estimate of drug-likeness (QED) is 0.581. The van der Waals surface area contributed by atoms with Crippen molar-refractivity contribution in [3.8, 4) is 5.75 Å². The fourth-order valence-corrected chi connectivity index (χ4v) is 1.62. The second kappa shape index (κ2) is 4.44. The lowest BCUT2D eigenvalue weighted by Gasteiger charge is -2.10. The van der Waals surface area contributed by atoms with Crippen molar-refractivity contribution in [2.24, 2.45) is 0 Å². The Labute approximate surface area is 84.0 Å². The number of rotatable bonds is 4. The largest absolute Gasteiger partial charge is 0.488 e. The van der Waals surface area contributed by atoms with Gasteiger partial charge in [0.2, 0.25) is 0 Å². The van der Waals surface area contributed by atoms with Crippen LogP contribution < -0.4 is 10.2 Å². The Morgan fingerprint density at radius 1 is 1.50 bits per heavy atom. The third kappa shape index (κ3) is 2.05. The number of benzene rings is 1. The zero-order chi connectivity index (χ0) is 9.80. The first-order valence-corrected chi connectivity index (χ1v) is 4.99. The minimum Gasteiger partial charge on any atom is -0.488 e. The van der Waals surface area contributed by atoms with Crippen molar-refractivity contribution < 1.29 is 9.57 Å². The monoisotopic (exact) mass is 193 g/mol. The van der Waals surface area contributed by atoms with Gasteiger partial charge in [-0.3, -0.25) is 0 Å². The first-order chi connectivity index (χ1) is 6.90. The summed E-state index contributed by atoms with van der Waals surface area (Å²) in [5.41, 5.74) is 4.17. The molecule has 1 atom stereocenters. The van der Waals surface area contributed by atoms with Gasteiger partial charge in [-0.25, -0.2) is 0 Å². The molecule has 76 valence electrons. The molecular weight excluding hydrogens is 178 g/mol. The van der Waals surface area contributed by atoms with Gasteiger partial charge in [-0.2, -0.15) is 5.48 Å². The number of fused-ring (bicyclic) bond motifs is 1. The van der Waals surface area contributed by atoms with Gasteiger partial charge in [-0.05, 0) is 18.6 Å². The van der Waals surface area contributed by atoms with Gasteiger partial charge >= 0.3 is 0 Å². The van der Waals surface area contributed by atoms with Gasteiger partial charge in [0.05, 0.1) is 13.2 Å². The minimum absolute atomic E-state index is 0.207. The van der Waals surface area contributed by atoms with Gasteiger partial charge in [0, 0.05) is 6.42 Å². The van der Waals surface area contributed by atoms with Gasteiger partial charge in [0.1, 0.15) is 11.9 Å². The number of hydroxylamine groups is 1. The van der Waals surface area contributed by atoms with Crippen LogP contribution in [0.4, 0.5) is 0 Å². The average molecular weight is 193 g/mol. The van der Waals surface area contributed by atoms with Crippen molar-refractivity contribution in [3.63, 3.8) is 0 Å². The van der Waals surface area contributed by atoms with Crippen LogP contribution in [0.1, 0.15) is 12.5 Å². The second-order valence-corrected chi connectivity index (χ2v) is 3.33. The molecule has 0 fully saturated rings. The Bertz CT molecular complexity index is 276. The van der Waals surface area contributed by atoms with Crippen LogP contribution in [0.5, 0.6) is 5.75 Å². The molecule has 3 nitrogen and oxygen atoms in total. The normalized spacial score (nSPS) is 19.1. The van der Waals surface area contributed by atoms with E-state index in [0.717, 1.165) is 18.7 Å². The van der Waals surface area contributed by atoms with E-state index in [1.54, 1.807) is 0 Å². The fraction of sp³-hybridized carbons (Fsp3) is 0.455. The predicted molar refractivity (Wildman–Crippen MR) is 54.2 cm³/mol. The maximum absolute atomic E-state index is 5.71. The molecule has 1 heterocycles. The number of para-hydroxylation sites is 1. The first-order valence-electron chi connectivity index (χ1n) is 4.99. The van der Waals surface area contributed by atoms with Crippen LogP contribution in [-0.2, 0) is 11.3 Å². The summed E-state index contributed by atoms with van der Waals surface area (Å²) in [6.07, 6.45) is 1.18. The van der Waals surface area contributed by atoms with Gasteiger partial charge in [0.25, 0.3) is 0 Å². The molecule has 3 heteroatoms. The number of hydrogen-bond acceptors (Lipinski definition) is 3.